The van der Waals surface area contributed by atoms with Crippen molar-refractivity contribution in [1.82, 2.24) is 4.57 Å². The van der Waals surface area contributed by atoms with Gasteiger partial charge in [-0.15, -0.1) is 0 Å². The van der Waals surface area contributed by atoms with Crippen molar-refractivity contribution in [2.75, 3.05) is 11.6 Å². The van der Waals surface area contributed by atoms with E-state index in [4.69, 9.17) is 9.15 Å². The van der Waals surface area contributed by atoms with Crippen molar-refractivity contribution >= 4 is 38.5 Å². The van der Waals surface area contributed by atoms with E-state index < -0.39 is 0 Å². The van der Waals surface area contributed by atoms with E-state index in [0.717, 1.165) is 59.4 Å². The molecule has 0 bridgehead atoms. The summed E-state index contributed by atoms with van der Waals surface area (Å²) in [5, 5.41) is 3.56. The second-order valence-corrected chi connectivity index (χ2v) is 9.14. The smallest absolute Gasteiger partial charge is 0.336 e. The van der Waals surface area contributed by atoms with Crippen molar-refractivity contribution in [1.29, 1.82) is 0 Å². The fourth-order valence-electron chi connectivity index (χ4n) is 5.50. The minimum atomic E-state index is -0.295. The number of aromatic nitrogens is 1. The number of nitrogens with zero attached hydrogens (tertiary/aromatic N) is 2. The summed E-state index contributed by atoms with van der Waals surface area (Å²) in [5.74, 6) is 0.837. The van der Waals surface area contributed by atoms with E-state index in [1.165, 1.54) is 21.8 Å². The average molecular weight is 453 g/mol. The molecule has 3 aromatic carbocycles. The normalized spacial score (nSPS) is 13.6. The summed E-state index contributed by atoms with van der Waals surface area (Å²) in [6, 6.07) is 19.1. The number of ether oxygens (including phenoxy) is 1. The zero-order chi connectivity index (χ0) is 23.4. The highest BCUT2D eigenvalue weighted by atomic mass is 16.5. The van der Waals surface area contributed by atoms with E-state index in [-0.39, 0.29) is 5.63 Å². The van der Waals surface area contributed by atoms with Gasteiger partial charge in [0.15, 0.2) is 6.73 Å². The number of rotatable bonds is 4. The van der Waals surface area contributed by atoms with Crippen molar-refractivity contribution in [2.45, 2.75) is 46.7 Å². The molecule has 0 amide bonds. The van der Waals surface area contributed by atoms with Crippen LogP contribution in [0.5, 0.6) is 5.75 Å². The molecule has 2 aromatic heterocycles. The third kappa shape index (κ3) is 3.11. The zero-order valence-electron chi connectivity index (χ0n) is 19.9. The van der Waals surface area contributed by atoms with Gasteiger partial charge in [0, 0.05) is 63.2 Å². The SMILES string of the molecule is CCCc1cc(=O)oc2c(C)c3c(cc12)CN(c1ccc2c(c1)c1ccccc1n2CC)CO3. The lowest BCUT2D eigenvalue weighted by Gasteiger charge is -2.32. The minimum absolute atomic E-state index is 0.295. The molecular formula is C29H28N2O3. The van der Waals surface area contributed by atoms with Gasteiger partial charge in [-0.2, -0.15) is 0 Å². The maximum absolute atomic E-state index is 12.1. The Hall–Kier alpha value is -3.73. The Labute approximate surface area is 198 Å². The van der Waals surface area contributed by atoms with Gasteiger partial charge in [-0.05, 0) is 56.2 Å². The number of para-hydroxylation sites is 1. The van der Waals surface area contributed by atoms with E-state index >= 15 is 0 Å². The molecule has 0 saturated carbocycles. The molecule has 0 saturated heterocycles. The maximum atomic E-state index is 12.1. The van der Waals surface area contributed by atoms with Gasteiger partial charge in [0.2, 0.25) is 0 Å². The number of anilines is 1. The third-order valence-electron chi connectivity index (χ3n) is 7.06. The van der Waals surface area contributed by atoms with Crippen molar-refractivity contribution in [3.8, 4) is 5.75 Å². The van der Waals surface area contributed by atoms with E-state index in [2.05, 4.69) is 71.8 Å². The van der Waals surface area contributed by atoms with Crippen molar-refractivity contribution in [2.24, 2.45) is 0 Å². The van der Waals surface area contributed by atoms with E-state index in [0.29, 0.717) is 12.3 Å². The van der Waals surface area contributed by atoms with E-state index in [1.807, 2.05) is 6.92 Å². The lowest BCUT2D eigenvalue weighted by atomic mass is 9.98. The average Bonchev–Trinajstić information content (AvgIpc) is 3.17. The van der Waals surface area contributed by atoms with Gasteiger partial charge < -0.3 is 18.6 Å². The molecule has 0 atom stereocenters. The summed E-state index contributed by atoms with van der Waals surface area (Å²) in [6.45, 7) is 8.44. The first-order chi connectivity index (χ1) is 16.6. The Morgan fingerprint density at radius 3 is 2.59 bits per heavy atom. The first kappa shape index (κ1) is 20.8. The molecular weight excluding hydrogens is 424 g/mol. The van der Waals surface area contributed by atoms with Gasteiger partial charge in [-0.3, -0.25) is 0 Å². The summed E-state index contributed by atoms with van der Waals surface area (Å²) in [5.41, 5.74) is 7.10. The minimum Gasteiger partial charge on any atom is -0.472 e. The topological polar surface area (TPSA) is 47.6 Å². The molecule has 1 aliphatic heterocycles. The Bertz CT molecular complexity index is 1630. The summed E-state index contributed by atoms with van der Waals surface area (Å²) in [6.07, 6.45) is 1.83. The molecule has 1 aliphatic rings. The van der Waals surface area contributed by atoms with Gasteiger partial charge in [-0.1, -0.05) is 31.5 Å². The molecule has 6 rings (SSSR count). The van der Waals surface area contributed by atoms with Gasteiger partial charge in [0.25, 0.3) is 0 Å². The van der Waals surface area contributed by atoms with Crippen LogP contribution in [0.25, 0.3) is 32.8 Å². The zero-order valence-corrected chi connectivity index (χ0v) is 19.9. The molecule has 0 spiro atoms. The molecule has 0 fully saturated rings. The molecule has 0 unspecified atom stereocenters. The van der Waals surface area contributed by atoms with Crippen LogP contribution in [0.3, 0.4) is 0 Å². The standard InChI is InChI=1S/C29H28N2O3/c1-4-8-19-14-27(32)34-29-18(3)28-20(13-23(19)29)16-30(17-33-28)21-11-12-26-24(15-21)22-9-6-7-10-25(22)31(26)5-2/h6-7,9-15H,4-5,8,16-17H2,1-3H3. The van der Waals surface area contributed by atoms with Crippen LogP contribution in [0, 0.1) is 6.92 Å². The Balaban J connectivity index is 1.45. The quantitative estimate of drug-likeness (QED) is 0.291. The van der Waals surface area contributed by atoms with Crippen LogP contribution in [0.15, 0.2) is 63.8 Å². The van der Waals surface area contributed by atoms with Crippen molar-refractivity contribution < 1.29 is 9.15 Å². The van der Waals surface area contributed by atoms with Crippen LogP contribution in [0.1, 0.15) is 37.0 Å². The Morgan fingerprint density at radius 1 is 0.941 bits per heavy atom. The summed E-state index contributed by atoms with van der Waals surface area (Å²) >= 11 is 0. The van der Waals surface area contributed by atoms with Crippen LogP contribution in [0.4, 0.5) is 5.69 Å². The van der Waals surface area contributed by atoms with E-state index in [1.54, 1.807) is 6.07 Å². The van der Waals surface area contributed by atoms with Crippen LogP contribution in [-0.4, -0.2) is 11.3 Å². The second kappa shape index (κ2) is 7.94. The van der Waals surface area contributed by atoms with Gasteiger partial charge in [0.05, 0.1) is 0 Å². The van der Waals surface area contributed by atoms with Gasteiger partial charge >= 0.3 is 5.63 Å². The molecule has 172 valence electrons. The Kier molecular flexibility index (Phi) is 4.87. The fraction of sp³-hybridized carbons (Fsp3) is 0.276. The molecule has 34 heavy (non-hydrogen) atoms. The van der Waals surface area contributed by atoms with Crippen LogP contribution in [0.2, 0.25) is 0 Å². The van der Waals surface area contributed by atoms with Crippen LogP contribution >= 0.6 is 0 Å². The first-order valence-corrected chi connectivity index (χ1v) is 12.1. The highest BCUT2D eigenvalue weighted by molar-refractivity contribution is 6.09. The second-order valence-electron chi connectivity index (χ2n) is 9.14. The number of aryl methyl sites for hydroxylation is 3. The summed E-state index contributed by atoms with van der Waals surface area (Å²) in [4.78, 5) is 14.4. The lowest BCUT2D eigenvalue weighted by Crippen LogP contribution is -2.32. The monoisotopic (exact) mass is 452 g/mol. The van der Waals surface area contributed by atoms with E-state index in [9.17, 15) is 4.79 Å². The molecule has 0 aliphatic carbocycles. The maximum Gasteiger partial charge on any atom is 0.336 e. The Morgan fingerprint density at radius 2 is 1.76 bits per heavy atom. The molecule has 3 heterocycles. The van der Waals surface area contributed by atoms with Crippen LogP contribution < -0.4 is 15.3 Å². The van der Waals surface area contributed by atoms with Gasteiger partial charge in [0.1, 0.15) is 11.3 Å². The van der Waals surface area contributed by atoms with Gasteiger partial charge in [-0.25, -0.2) is 4.79 Å². The molecule has 5 nitrogen and oxygen atoms in total. The molecule has 0 N–H and O–H groups in total. The number of hydrogen-bond donors (Lipinski definition) is 0. The first-order valence-electron chi connectivity index (χ1n) is 12.1. The molecule has 0 radical (unpaired) electrons. The van der Waals surface area contributed by atoms with Crippen molar-refractivity contribution in [3.63, 3.8) is 0 Å². The fourth-order valence-corrected chi connectivity index (χ4v) is 5.50. The van der Waals surface area contributed by atoms with Crippen molar-refractivity contribution in [3.05, 3.63) is 81.7 Å². The predicted octanol–water partition coefficient (Wildman–Crippen LogP) is 6.54. The van der Waals surface area contributed by atoms with Crippen LogP contribution in [-0.2, 0) is 19.5 Å². The number of benzene rings is 3. The third-order valence-corrected chi connectivity index (χ3v) is 7.06. The number of hydrogen-bond acceptors (Lipinski definition) is 4. The molecule has 5 aromatic rings. The lowest BCUT2D eigenvalue weighted by molar-refractivity contribution is 0.287. The highest BCUT2D eigenvalue weighted by Gasteiger charge is 2.24. The molecule has 5 heteroatoms. The summed E-state index contributed by atoms with van der Waals surface area (Å²) < 4.78 is 14.2. The highest BCUT2D eigenvalue weighted by Crippen LogP contribution is 2.38. The number of fused-ring (bicyclic) bond motifs is 5. The predicted molar refractivity (Wildman–Crippen MR) is 138 cm³/mol. The summed E-state index contributed by atoms with van der Waals surface area (Å²) in [7, 11) is 0. The largest absolute Gasteiger partial charge is 0.472 e.